The van der Waals surface area contributed by atoms with Crippen molar-refractivity contribution < 1.29 is 32.3 Å². The van der Waals surface area contributed by atoms with Crippen molar-refractivity contribution >= 4 is 27.8 Å². The monoisotopic (exact) mass is 489 g/mol. The highest BCUT2D eigenvalue weighted by atomic mass is 32.2. The highest BCUT2D eigenvalue weighted by Gasteiger charge is 2.27. The van der Waals surface area contributed by atoms with Crippen LogP contribution in [0.1, 0.15) is 45.5 Å². The molecule has 1 heterocycles. The summed E-state index contributed by atoms with van der Waals surface area (Å²) in [5.41, 5.74) is 5.23. The molecule has 11 heteroatoms. The molecular formula is C23H27N3O7S. The molecule has 2 aromatic carbocycles. The molecule has 2 aromatic rings. The third kappa shape index (κ3) is 6.12. The molecule has 182 valence electrons. The van der Waals surface area contributed by atoms with E-state index in [1.165, 1.54) is 41.7 Å². The van der Waals surface area contributed by atoms with Gasteiger partial charge in [-0.15, -0.1) is 0 Å². The van der Waals surface area contributed by atoms with E-state index >= 15 is 0 Å². The van der Waals surface area contributed by atoms with Gasteiger partial charge in [-0.2, -0.15) is 4.31 Å². The lowest BCUT2D eigenvalue weighted by Crippen LogP contribution is -2.43. The van der Waals surface area contributed by atoms with E-state index in [2.05, 4.69) is 10.9 Å². The van der Waals surface area contributed by atoms with Gasteiger partial charge in [-0.25, -0.2) is 13.2 Å². The van der Waals surface area contributed by atoms with Gasteiger partial charge in [-0.3, -0.25) is 20.4 Å². The third-order valence-electron chi connectivity index (χ3n) is 5.38. The molecule has 3 rings (SSSR count). The van der Waals surface area contributed by atoms with Crippen molar-refractivity contribution in [3.05, 3.63) is 59.2 Å². The van der Waals surface area contributed by atoms with Gasteiger partial charge in [0.1, 0.15) is 5.75 Å². The number of nitrogens with one attached hydrogen (secondary N) is 2. The molecule has 0 aliphatic carbocycles. The van der Waals surface area contributed by atoms with Crippen molar-refractivity contribution in [1.29, 1.82) is 0 Å². The molecule has 1 fully saturated rings. The number of sulfonamides is 1. The summed E-state index contributed by atoms with van der Waals surface area (Å²) in [6.45, 7) is 1.87. The van der Waals surface area contributed by atoms with Crippen molar-refractivity contribution in [1.82, 2.24) is 15.2 Å². The molecule has 2 N–H and O–H groups in total. The van der Waals surface area contributed by atoms with E-state index in [1.807, 2.05) is 0 Å². The lowest BCUT2D eigenvalue weighted by Gasteiger charge is -2.26. The molecule has 0 aromatic heterocycles. The number of methoxy groups -OCH3 is 1. The number of amides is 2. The number of esters is 1. The van der Waals surface area contributed by atoms with Gasteiger partial charge in [0.15, 0.2) is 6.61 Å². The molecule has 0 unspecified atom stereocenters. The number of hydrogen-bond donors (Lipinski definition) is 2. The summed E-state index contributed by atoms with van der Waals surface area (Å²) < 4.78 is 37.3. The highest BCUT2D eigenvalue weighted by molar-refractivity contribution is 7.89. The molecule has 1 aliphatic rings. The van der Waals surface area contributed by atoms with Gasteiger partial charge in [0, 0.05) is 18.7 Å². The molecule has 10 nitrogen and oxygen atoms in total. The smallest absolute Gasteiger partial charge is 0.338 e. The van der Waals surface area contributed by atoms with Gasteiger partial charge >= 0.3 is 5.97 Å². The van der Waals surface area contributed by atoms with Gasteiger partial charge in [-0.1, -0.05) is 12.5 Å². The van der Waals surface area contributed by atoms with Crippen molar-refractivity contribution in [3.8, 4) is 5.75 Å². The topological polar surface area (TPSA) is 131 Å². The number of carbonyl (C=O) groups is 3. The van der Waals surface area contributed by atoms with Crippen LogP contribution in [0, 0.1) is 6.92 Å². The van der Waals surface area contributed by atoms with Crippen LogP contribution in [0.25, 0.3) is 0 Å². The maximum absolute atomic E-state index is 12.9. The minimum Gasteiger partial charge on any atom is -0.497 e. The predicted molar refractivity (Wildman–Crippen MR) is 123 cm³/mol. The normalized spacial score (nSPS) is 14.2. The Morgan fingerprint density at radius 2 is 1.65 bits per heavy atom. The molecule has 2 amide bonds. The number of hydrazine groups is 1. The number of carbonyl (C=O) groups excluding carboxylic acids is 3. The highest BCUT2D eigenvalue weighted by Crippen LogP contribution is 2.23. The summed E-state index contributed by atoms with van der Waals surface area (Å²) in [5, 5.41) is 0. The molecule has 34 heavy (non-hydrogen) atoms. The largest absolute Gasteiger partial charge is 0.497 e. The van der Waals surface area contributed by atoms with E-state index in [0.29, 0.717) is 30.0 Å². The zero-order valence-electron chi connectivity index (χ0n) is 19.0. The number of ether oxygens (including phenoxy) is 2. The summed E-state index contributed by atoms with van der Waals surface area (Å²) >= 11 is 0. The third-order valence-corrected chi connectivity index (χ3v) is 7.28. The minimum absolute atomic E-state index is 0.00292. The van der Waals surface area contributed by atoms with Crippen LogP contribution in [-0.2, 0) is 19.6 Å². The van der Waals surface area contributed by atoms with E-state index in [-0.39, 0.29) is 10.5 Å². The van der Waals surface area contributed by atoms with Crippen LogP contribution in [0.5, 0.6) is 5.75 Å². The fraction of sp³-hybridized carbons (Fsp3) is 0.348. The Kier molecular flexibility index (Phi) is 8.24. The van der Waals surface area contributed by atoms with Gasteiger partial charge in [0.25, 0.3) is 11.8 Å². The zero-order valence-corrected chi connectivity index (χ0v) is 19.8. The quantitative estimate of drug-likeness (QED) is 0.448. The van der Waals surface area contributed by atoms with Crippen molar-refractivity contribution in [2.75, 3.05) is 26.8 Å². The van der Waals surface area contributed by atoms with Crippen LogP contribution < -0.4 is 15.6 Å². The second kappa shape index (κ2) is 11.1. The van der Waals surface area contributed by atoms with Crippen LogP contribution in [0.15, 0.2) is 47.4 Å². The molecule has 0 saturated carbocycles. The molecule has 0 spiro atoms. The first kappa shape index (κ1) is 25.2. The lowest BCUT2D eigenvalue weighted by molar-refractivity contribution is -0.125. The van der Waals surface area contributed by atoms with Crippen LogP contribution in [0.3, 0.4) is 0 Å². The van der Waals surface area contributed by atoms with Gasteiger partial charge in [0.05, 0.1) is 17.6 Å². The van der Waals surface area contributed by atoms with E-state index in [0.717, 1.165) is 19.3 Å². The number of hydrogen-bond acceptors (Lipinski definition) is 7. The fourth-order valence-corrected chi connectivity index (χ4v) is 4.97. The van der Waals surface area contributed by atoms with Crippen LogP contribution in [0.2, 0.25) is 0 Å². The summed E-state index contributed by atoms with van der Waals surface area (Å²) in [7, 11) is -2.22. The Bertz CT molecular complexity index is 1160. The maximum atomic E-state index is 12.9. The Hall–Kier alpha value is -3.44. The Balaban J connectivity index is 1.57. The lowest BCUT2D eigenvalue weighted by atomic mass is 10.1. The Labute approximate surface area is 198 Å². The van der Waals surface area contributed by atoms with Crippen molar-refractivity contribution in [3.63, 3.8) is 0 Å². The first-order chi connectivity index (χ1) is 16.2. The number of benzene rings is 2. The van der Waals surface area contributed by atoms with Crippen LogP contribution >= 0.6 is 0 Å². The number of nitrogens with zero attached hydrogens (tertiary/aromatic N) is 1. The predicted octanol–water partition coefficient (Wildman–Crippen LogP) is 1.80. The maximum Gasteiger partial charge on any atom is 0.338 e. The molecule has 0 radical (unpaired) electrons. The van der Waals surface area contributed by atoms with E-state index < -0.39 is 34.4 Å². The first-order valence-electron chi connectivity index (χ1n) is 10.7. The molecular weight excluding hydrogens is 462 g/mol. The average Bonchev–Trinajstić information content (AvgIpc) is 2.86. The van der Waals surface area contributed by atoms with Crippen LogP contribution in [0.4, 0.5) is 0 Å². The summed E-state index contributed by atoms with van der Waals surface area (Å²) in [5.74, 6) is -1.58. The Morgan fingerprint density at radius 3 is 2.29 bits per heavy atom. The number of aryl methyl sites for hydroxylation is 1. The molecule has 1 aliphatic heterocycles. The zero-order chi connectivity index (χ0) is 24.7. The summed E-state index contributed by atoms with van der Waals surface area (Å²) in [4.78, 5) is 36.6. The minimum atomic E-state index is -3.72. The summed E-state index contributed by atoms with van der Waals surface area (Å²) in [6.07, 6.45) is 2.58. The van der Waals surface area contributed by atoms with E-state index in [4.69, 9.17) is 9.47 Å². The first-order valence-corrected chi connectivity index (χ1v) is 12.2. The van der Waals surface area contributed by atoms with Crippen LogP contribution in [-0.4, -0.2) is 57.3 Å². The van der Waals surface area contributed by atoms with Crippen molar-refractivity contribution in [2.24, 2.45) is 0 Å². The van der Waals surface area contributed by atoms with Gasteiger partial charge in [0.2, 0.25) is 10.0 Å². The second-order valence-electron chi connectivity index (χ2n) is 7.75. The molecule has 0 bridgehead atoms. The van der Waals surface area contributed by atoms with Gasteiger partial charge in [-0.05, 0) is 61.7 Å². The molecule has 1 saturated heterocycles. The number of rotatable bonds is 7. The Morgan fingerprint density at radius 1 is 0.971 bits per heavy atom. The summed E-state index contributed by atoms with van der Waals surface area (Å²) in [6, 6.07) is 10.5. The second-order valence-corrected chi connectivity index (χ2v) is 9.69. The fourth-order valence-electron chi connectivity index (χ4n) is 3.42. The van der Waals surface area contributed by atoms with Gasteiger partial charge < -0.3 is 9.47 Å². The SMILES string of the molecule is COc1ccc(C(=O)NNC(=O)COC(=O)c2cc(S(=O)(=O)N3CCCCC3)ccc2C)cc1. The van der Waals surface area contributed by atoms with Crippen molar-refractivity contribution in [2.45, 2.75) is 31.1 Å². The molecule has 0 atom stereocenters. The average molecular weight is 490 g/mol. The number of piperidine rings is 1. The standard InChI is InChI=1S/C23H27N3O7S/c1-16-6-11-19(34(30,31)26-12-4-3-5-13-26)14-20(16)23(29)33-15-21(27)24-25-22(28)17-7-9-18(32-2)10-8-17/h6-11,14H,3-5,12-13,15H2,1-2H3,(H,24,27)(H,25,28). The van der Waals surface area contributed by atoms with E-state index in [1.54, 1.807) is 19.1 Å². The van der Waals surface area contributed by atoms with E-state index in [9.17, 15) is 22.8 Å².